The van der Waals surface area contributed by atoms with Crippen molar-refractivity contribution in [3.8, 4) is 0 Å². The van der Waals surface area contributed by atoms with Crippen LogP contribution < -0.4 is 10.5 Å². The Morgan fingerprint density at radius 1 is 1.47 bits per heavy atom. The first kappa shape index (κ1) is 11.7. The molecule has 1 aromatic heterocycles. The molecule has 0 bridgehead atoms. The second kappa shape index (κ2) is 4.23. The van der Waals surface area contributed by atoms with Crippen LogP contribution >= 0.6 is 0 Å². The van der Waals surface area contributed by atoms with Crippen molar-refractivity contribution in [2.45, 2.75) is 4.90 Å². The zero-order valence-electron chi connectivity index (χ0n) is 9.10. The SMILES string of the molecule is C=CCNS(=O)(=O)c1c[nH]c2cc(N)ccc12. The molecule has 0 radical (unpaired) electrons. The maximum atomic E-state index is 11.9. The number of rotatable bonds is 4. The third kappa shape index (κ3) is 2.17. The highest BCUT2D eigenvalue weighted by Crippen LogP contribution is 2.24. The van der Waals surface area contributed by atoms with Gasteiger partial charge in [0.05, 0.1) is 0 Å². The smallest absolute Gasteiger partial charge is 0.242 e. The Bertz CT molecular complexity index is 658. The largest absolute Gasteiger partial charge is 0.399 e. The number of sulfonamides is 1. The number of hydrogen-bond acceptors (Lipinski definition) is 3. The molecule has 0 amide bonds. The van der Waals surface area contributed by atoms with Crippen LogP contribution in [-0.2, 0) is 10.0 Å². The van der Waals surface area contributed by atoms with Crippen LogP contribution in [0.15, 0.2) is 41.9 Å². The minimum atomic E-state index is -3.51. The average molecular weight is 251 g/mol. The molecule has 1 aromatic carbocycles. The fourth-order valence-electron chi connectivity index (χ4n) is 1.59. The molecule has 0 aliphatic carbocycles. The minimum absolute atomic E-state index is 0.198. The van der Waals surface area contributed by atoms with Crippen molar-refractivity contribution in [1.29, 1.82) is 0 Å². The maximum Gasteiger partial charge on any atom is 0.242 e. The Morgan fingerprint density at radius 2 is 2.24 bits per heavy atom. The predicted molar refractivity (Wildman–Crippen MR) is 68.1 cm³/mol. The van der Waals surface area contributed by atoms with E-state index < -0.39 is 10.0 Å². The predicted octanol–water partition coefficient (Wildman–Crippen LogP) is 1.21. The molecule has 0 fully saturated rings. The summed E-state index contributed by atoms with van der Waals surface area (Å²) in [6.07, 6.45) is 2.94. The summed E-state index contributed by atoms with van der Waals surface area (Å²) < 4.78 is 26.3. The van der Waals surface area contributed by atoms with Crippen LogP contribution in [0.25, 0.3) is 10.9 Å². The second-order valence-electron chi connectivity index (χ2n) is 3.60. The highest BCUT2D eigenvalue weighted by Gasteiger charge is 2.17. The van der Waals surface area contributed by atoms with E-state index in [2.05, 4.69) is 16.3 Å². The standard InChI is InChI=1S/C11H13N3O2S/c1-2-5-14-17(15,16)11-7-13-10-6-8(12)3-4-9(10)11/h2-4,6-7,13-14H,1,5,12H2. The number of anilines is 1. The van der Waals surface area contributed by atoms with E-state index in [4.69, 9.17) is 5.73 Å². The summed E-state index contributed by atoms with van der Waals surface area (Å²) in [5.41, 5.74) is 6.91. The van der Waals surface area contributed by atoms with Crippen molar-refractivity contribution in [2.24, 2.45) is 0 Å². The topological polar surface area (TPSA) is 88.0 Å². The van der Waals surface area contributed by atoms with Gasteiger partial charge in [-0.1, -0.05) is 6.08 Å². The van der Waals surface area contributed by atoms with Crippen molar-refractivity contribution in [2.75, 3.05) is 12.3 Å². The van der Waals surface area contributed by atoms with E-state index in [1.807, 2.05) is 0 Å². The summed E-state index contributed by atoms with van der Waals surface area (Å²) in [4.78, 5) is 3.10. The number of aromatic nitrogens is 1. The van der Waals surface area contributed by atoms with E-state index in [1.165, 1.54) is 12.3 Å². The quantitative estimate of drug-likeness (QED) is 0.564. The van der Waals surface area contributed by atoms with E-state index in [9.17, 15) is 8.42 Å². The highest BCUT2D eigenvalue weighted by atomic mass is 32.2. The molecule has 4 N–H and O–H groups in total. The van der Waals surface area contributed by atoms with Crippen LogP contribution in [0.1, 0.15) is 0 Å². The summed E-state index contributed by atoms with van der Waals surface area (Å²) in [6, 6.07) is 5.05. The summed E-state index contributed by atoms with van der Waals surface area (Å²) in [7, 11) is -3.51. The summed E-state index contributed by atoms with van der Waals surface area (Å²) in [5, 5.41) is 0.621. The molecule has 5 nitrogen and oxygen atoms in total. The molecule has 0 spiro atoms. The van der Waals surface area contributed by atoms with Crippen LogP contribution in [0.4, 0.5) is 5.69 Å². The fourth-order valence-corrected chi connectivity index (χ4v) is 2.76. The van der Waals surface area contributed by atoms with E-state index in [0.717, 1.165) is 0 Å². The lowest BCUT2D eigenvalue weighted by Gasteiger charge is -2.02. The first-order chi connectivity index (χ1) is 8.04. The van der Waals surface area contributed by atoms with Crippen LogP contribution in [0.5, 0.6) is 0 Å². The maximum absolute atomic E-state index is 11.9. The summed E-state index contributed by atoms with van der Waals surface area (Å²) in [5.74, 6) is 0. The molecule has 0 aliphatic heterocycles. The Balaban J connectivity index is 2.53. The molecule has 0 saturated carbocycles. The summed E-state index contributed by atoms with van der Waals surface area (Å²) in [6.45, 7) is 3.67. The van der Waals surface area contributed by atoms with Crippen molar-refractivity contribution >= 4 is 26.6 Å². The molecule has 1 heterocycles. The van der Waals surface area contributed by atoms with Crippen LogP contribution in [-0.4, -0.2) is 19.9 Å². The van der Waals surface area contributed by atoms with Gasteiger partial charge in [0.15, 0.2) is 0 Å². The van der Waals surface area contributed by atoms with Crippen LogP contribution in [0.3, 0.4) is 0 Å². The van der Waals surface area contributed by atoms with Gasteiger partial charge in [-0.3, -0.25) is 0 Å². The third-order valence-electron chi connectivity index (χ3n) is 2.38. The molecule has 0 unspecified atom stereocenters. The molecular weight excluding hydrogens is 238 g/mol. The number of H-pyrrole nitrogens is 1. The van der Waals surface area contributed by atoms with Gasteiger partial charge in [-0.05, 0) is 18.2 Å². The molecule has 0 aliphatic rings. The van der Waals surface area contributed by atoms with Gasteiger partial charge in [-0.25, -0.2) is 13.1 Å². The first-order valence-electron chi connectivity index (χ1n) is 5.02. The zero-order valence-corrected chi connectivity index (χ0v) is 9.92. The average Bonchev–Trinajstić information content (AvgIpc) is 2.69. The van der Waals surface area contributed by atoms with Gasteiger partial charge in [0.2, 0.25) is 10.0 Å². The van der Waals surface area contributed by atoms with E-state index >= 15 is 0 Å². The number of benzene rings is 1. The second-order valence-corrected chi connectivity index (χ2v) is 5.33. The molecule has 0 saturated heterocycles. The lowest BCUT2D eigenvalue weighted by atomic mass is 10.2. The van der Waals surface area contributed by atoms with Gasteiger partial charge in [-0.15, -0.1) is 6.58 Å². The molecule has 90 valence electrons. The lowest BCUT2D eigenvalue weighted by Crippen LogP contribution is -2.23. The third-order valence-corrected chi connectivity index (χ3v) is 3.84. The number of fused-ring (bicyclic) bond motifs is 1. The van der Waals surface area contributed by atoms with Crippen molar-refractivity contribution in [3.63, 3.8) is 0 Å². The van der Waals surface area contributed by atoms with Gasteiger partial charge in [-0.2, -0.15) is 0 Å². The van der Waals surface area contributed by atoms with Crippen molar-refractivity contribution in [1.82, 2.24) is 9.71 Å². The van der Waals surface area contributed by atoms with Gasteiger partial charge >= 0.3 is 0 Å². The molecule has 2 rings (SSSR count). The summed E-state index contributed by atoms with van der Waals surface area (Å²) >= 11 is 0. The van der Waals surface area contributed by atoms with E-state index in [1.54, 1.807) is 18.2 Å². The Kier molecular flexibility index (Phi) is 2.91. The molecule has 6 heteroatoms. The number of aromatic amines is 1. The van der Waals surface area contributed by atoms with Crippen molar-refractivity contribution in [3.05, 3.63) is 37.1 Å². The number of nitrogens with two attached hydrogens (primary N) is 1. The van der Waals surface area contributed by atoms with Gasteiger partial charge < -0.3 is 10.7 Å². The Morgan fingerprint density at radius 3 is 2.94 bits per heavy atom. The number of nitrogens with one attached hydrogen (secondary N) is 2. The van der Waals surface area contributed by atoms with Gasteiger partial charge in [0, 0.05) is 29.3 Å². The van der Waals surface area contributed by atoms with E-state index in [-0.39, 0.29) is 11.4 Å². The van der Waals surface area contributed by atoms with Crippen LogP contribution in [0, 0.1) is 0 Å². The monoisotopic (exact) mass is 251 g/mol. The molecule has 17 heavy (non-hydrogen) atoms. The highest BCUT2D eigenvalue weighted by molar-refractivity contribution is 7.89. The van der Waals surface area contributed by atoms with Gasteiger partial charge in [0.1, 0.15) is 4.90 Å². The first-order valence-corrected chi connectivity index (χ1v) is 6.50. The minimum Gasteiger partial charge on any atom is -0.399 e. The normalized spacial score (nSPS) is 11.8. The molecule has 2 aromatic rings. The zero-order chi connectivity index (χ0) is 12.5. The lowest BCUT2D eigenvalue weighted by molar-refractivity contribution is 0.586. The number of hydrogen-bond donors (Lipinski definition) is 3. The van der Waals surface area contributed by atoms with E-state index in [0.29, 0.717) is 16.6 Å². The number of nitrogen functional groups attached to an aromatic ring is 1. The Hall–Kier alpha value is -1.79. The van der Waals surface area contributed by atoms with Crippen molar-refractivity contribution < 1.29 is 8.42 Å². The van der Waals surface area contributed by atoms with Crippen LogP contribution in [0.2, 0.25) is 0 Å². The van der Waals surface area contributed by atoms with Gasteiger partial charge in [0.25, 0.3) is 0 Å². The Labute approximate surface area is 99.4 Å². The fraction of sp³-hybridized carbons (Fsp3) is 0.0909. The molecular formula is C11H13N3O2S. The molecule has 0 atom stereocenters.